The first-order valence-electron chi connectivity index (χ1n) is 7.51. The second-order valence-corrected chi connectivity index (χ2v) is 7.59. The summed E-state index contributed by atoms with van der Waals surface area (Å²) in [6, 6.07) is 14.0. The molecule has 1 aromatic heterocycles. The lowest BCUT2D eigenvalue weighted by atomic mass is 10.0. The van der Waals surface area contributed by atoms with Gasteiger partial charge in [0.2, 0.25) is 5.69 Å². The van der Waals surface area contributed by atoms with E-state index in [4.69, 9.17) is 9.84 Å². The highest BCUT2D eigenvalue weighted by Crippen LogP contribution is 2.22. The van der Waals surface area contributed by atoms with Crippen molar-refractivity contribution in [1.82, 2.24) is 15.4 Å². The molecular weight excluding hydrogens is 358 g/mol. The predicted molar refractivity (Wildman–Crippen MR) is 92.7 cm³/mol. The summed E-state index contributed by atoms with van der Waals surface area (Å²) >= 11 is 0. The van der Waals surface area contributed by atoms with Crippen LogP contribution < -0.4 is 4.74 Å². The summed E-state index contributed by atoms with van der Waals surface area (Å²) in [6.45, 7) is 0.139. The van der Waals surface area contributed by atoms with Gasteiger partial charge in [0.1, 0.15) is 6.61 Å². The number of nitrogens with zero attached hydrogens (tertiary/aromatic N) is 2. The van der Waals surface area contributed by atoms with Gasteiger partial charge in [-0.2, -0.15) is 0 Å². The lowest BCUT2D eigenvalue weighted by Crippen LogP contribution is -2.03. The van der Waals surface area contributed by atoms with E-state index in [2.05, 4.69) is 15.4 Å². The van der Waals surface area contributed by atoms with Crippen molar-refractivity contribution in [2.24, 2.45) is 0 Å². The average molecular weight is 373 g/mol. The molecule has 0 aliphatic heterocycles. The number of nitrogens with one attached hydrogen (secondary N) is 1. The van der Waals surface area contributed by atoms with Crippen molar-refractivity contribution in [1.29, 1.82) is 0 Å². The maximum Gasteiger partial charge on any atom is 0.359 e. The Morgan fingerprint density at radius 2 is 1.65 bits per heavy atom. The number of aromatic carboxylic acids is 1. The molecule has 0 fully saturated rings. The Hall–Kier alpha value is -3.20. The fourth-order valence-electron chi connectivity index (χ4n) is 2.30. The van der Waals surface area contributed by atoms with Gasteiger partial charge in [-0.3, -0.25) is 0 Å². The van der Waals surface area contributed by atoms with E-state index in [9.17, 15) is 13.2 Å². The van der Waals surface area contributed by atoms with Gasteiger partial charge < -0.3 is 9.84 Å². The minimum atomic E-state index is -3.22. The molecule has 1 heterocycles. The van der Waals surface area contributed by atoms with E-state index in [1.54, 1.807) is 24.3 Å². The topological polar surface area (TPSA) is 122 Å². The van der Waals surface area contributed by atoms with Gasteiger partial charge in [0.05, 0.1) is 4.90 Å². The number of hydrogen-bond acceptors (Lipinski definition) is 6. The number of H-pyrrole nitrogens is 1. The summed E-state index contributed by atoms with van der Waals surface area (Å²) < 4.78 is 28.4. The molecule has 26 heavy (non-hydrogen) atoms. The van der Waals surface area contributed by atoms with Gasteiger partial charge in [-0.1, -0.05) is 46.7 Å². The van der Waals surface area contributed by atoms with Gasteiger partial charge in [0, 0.05) is 6.26 Å². The molecule has 2 N–H and O–H groups in total. The largest absolute Gasteiger partial charge is 0.476 e. The Morgan fingerprint density at radius 3 is 2.19 bits per heavy atom. The third-order valence-corrected chi connectivity index (χ3v) is 4.80. The third kappa shape index (κ3) is 3.89. The second-order valence-electron chi connectivity index (χ2n) is 5.58. The molecule has 8 nitrogen and oxygen atoms in total. The number of ether oxygens (including phenoxy) is 1. The van der Waals surface area contributed by atoms with Crippen LogP contribution >= 0.6 is 0 Å². The van der Waals surface area contributed by atoms with Crippen LogP contribution in [-0.4, -0.2) is 41.2 Å². The maximum atomic E-state index is 11.5. The Balaban J connectivity index is 1.70. The number of carboxylic acids is 1. The summed E-state index contributed by atoms with van der Waals surface area (Å²) in [5.74, 6) is -1.27. The van der Waals surface area contributed by atoms with E-state index in [0.29, 0.717) is 0 Å². The molecule has 3 aromatic rings. The monoisotopic (exact) mass is 373 g/mol. The molecule has 0 unspecified atom stereocenters. The van der Waals surface area contributed by atoms with Crippen LogP contribution in [0.3, 0.4) is 0 Å². The summed E-state index contributed by atoms with van der Waals surface area (Å²) in [5, 5.41) is 18.2. The van der Waals surface area contributed by atoms with Gasteiger partial charge in [0.15, 0.2) is 9.84 Å². The van der Waals surface area contributed by atoms with Crippen LogP contribution in [0, 0.1) is 0 Å². The van der Waals surface area contributed by atoms with Crippen LogP contribution in [0.4, 0.5) is 0 Å². The SMILES string of the molecule is CS(=O)(=O)c1ccc(-c2ccc(COc3nn[nH]c3C(=O)O)cc2)cc1. The first-order valence-corrected chi connectivity index (χ1v) is 9.40. The zero-order valence-electron chi connectivity index (χ0n) is 13.7. The van der Waals surface area contributed by atoms with Crippen LogP contribution in [0.15, 0.2) is 53.4 Å². The molecule has 0 radical (unpaired) electrons. The number of benzene rings is 2. The highest BCUT2D eigenvalue weighted by Gasteiger charge is 2.15. The highest BCUT2D eigenvalue weighted by molar-refractivity contribution is 7.90. The quantitative estimate of drug-likeness (QED) is 0.679. The van der Waals surface area contributed by atoms with Crippen molar-refractivity contribution in [3.63, 3.8) is 0 Å². The molecule has 9 heteroatoms. The Kier molecular flexibility index (Phi) is 4.72. The Bertz CT molecular complexity index is 1030. The van der Waals surface area contributed by atoms with Crippen LogP contribution in [0.5, 0.6) is 5.88 Å². The van der Waals surface area contributed by atoms with Gasteiger partial charge in [-0.25, -0.2) is 18.3 Å². The Labute approximate surface area is 149 Å². The van der Waals surface area contributed by atoms with Gasteiger partial charge >= 0.3 is 5.97 Å². The lowest BCUT2D eigenvalue weighted by Gasteiger charge is -2.06. The Morgan fingerprint density at radius 1 is 1.08 bits per heavy atom. The molecule has 0 aliphatic carbocycles. The fourth-order valence-corrected chi connectivity index (χ4v) is 2.93. The minimum Gasteiger partial charge on any atom is -0.476 e. The third-order valence-electron chi connectivity index (χ3n) is 3.68. The highest BCUT2D eigenvalue weighted by atomic mass is 32.2. The zero-order chi connectivity index (χ0) is 18.7. The van der Waals surface area contributed by atoms with Crippen LogP contribution in [0.25, 0.3) is 11.1 Å². The van der Waals surface area contributed by atoms with Crippen LogP contribution in [0.1, 0.15) is 16.1 Å². The van der Waals surface area contributed by atoms with E-state index in [0.717, 1.165) is 16.7 Å². The number of rotatable bonds is 6. The average Bonchev–Trinajstić information content (AvgIpc) is 3.09. The molecule has 2 aromatic carbocycles. The summed E-state index contributed by atoms with van der Waals surface area (Å²) in [6.07, 6.45) is 1.17. The van der Waals surface area contributed by atoms with Crippen molar-refractivity contribution in [3.8, 4) is 17.0 Å². The molecule has 0 aliphatic rings. The first kappa shape index (κ1) is 17.6. The van der Waals surface area contributed by atoms with Crippen molar-refractivity contribution < 1.29 is 23.1 Å². The fraction of sp³-hybridized carbons (Fsp3) is 0.118. The summed E-state index contributed by atoms with van der Waals surface area (Å²) in [4.78, 5) is 11.2. The van der Waals surface area contributed by atoms with Gasteiger partial charge in [-0.05, 0) is 28.8 Å². The number of aromatic amines is 1. The number of sulfone groups is 1. The van der Waals surface area contributed by atoms with Crippen molar-refractivity contribution in [2.45, 2.75) is 11.5 Å². The van der Waals surface area contributed by atoms with Crippen molar-refractivity contribution >= 4 is 15.8 Å². The van der Waals surface area contributed by atoms with E-state index in [-0.39, 0.29) is 23.1 Å². The van der Waals surface area contributed by atoms with Crippen LogP contribution in [0.2, 0.25) is 0 Å². The summed E-state index contributed by atoms with van der Waals surface area (Å²) in [5.41, 5.74) is 2.42. The molecule has 0 spiro atoms. The van der Waals surface area contributed by atoms with E-state index < -0.39 is 15.8 Å². The molecule has 0 bridgehead atoms. The van der Waals surface area contributed by atoms with E-state index in [1.807, 2.05) is 24.3 Å². The zero-order valence-corrected chi connectivity index (χ0v) is 14.5. The maximum absolute atomic E-state index is 11.5. The standard InChI is InChI=1S/C17H15N3O5S/c1-26(23,24)14-8-6-13(7-9-14)12-4-2-11(3-5-12)10-25-16-15(17(21)22)18-20-19-16/h2-9H,10H2,1H3,(H,21,22)(H,18,19,20). The van der Waals surface area contributed by atoms with Crippen molar-refractivity contribution in [3.05, 3.63) is 59.8 Å². The van der Waals surface area contributed by atoms with E-state index in [1.165, 1.54) is 6.26 Å². The number of carbonyl (C=O) groups is 1. The number of hydrogen-bond donors (Lipinski definition) is 2. The molecule has 134 valence electrons. The minimum absolute atomic E-state index is 0.0714. The first-order chi connectivity index (χ1) is 12.3. The van der Waals surface area contributed by atoms with Gasteiger partial charge in [0.25, 0.3) is 5.88 Å². The van der Waals surface area contributed by atoms with E-state index >= 15 is 0 Å². The predicted octanol–water partition coefficient (Wildman–Crippen LogP) is 2.15. The van der Waals surface area contributed by atoms with Crippen LogP contribution in [-0.2, 0) is 16.4 Å². The van der Waals surface area contributed by atoms with Gasteiger partial charge in [-0.15, -0.1) is 0 Å². The summed E-state index contributed by atoms with van der Waals surface area (Å²) in [7, 11) is -3.22. The number of aromatic nitrogens is 3. The number of carboxylic acid groups (broad SMARTS) is 1. The molecule has 0 amide bonds. The lowest BCUT2D eigenvalue weighted by molar-refractivity contribution is 0.0685. The van der Waals surface area contributed by atoms with Crippen molar-refractivity contribution in [2.75, 3.05) is 6.26 Å². The second kappa shape index (κ2) is 6.96. The normalized spacial score (nSPS) is 11.3. The molecule has 0 saturated carbocycles. The smallest absolute Gasteiger partial charge is 0.359 e. The molecular formula is C17H15N3O5S. The molecule has 0 atom stereocenters. The molecule has 3 rings (SSSR count). The molecule has 0 saturated heterocycles.